The number of aryl methyl sites for hydroxylation is 1. The van der Waals surface area contributed by atoms with E-state index >= 15 is 0 Å². The first-order valence-corrected chi connectivity index (χ1v) is 5.64. The van der Waals surface area contributed by atoms with Crippen molar-refractivity contribution < 1.29 is 13.9 Å². The lowest BCUT2D eigenvalue weighted by Crippen LogP contribution is -2.06. The zero-order valence-electron chi connectivity index (χ0n) is 9.68. The lowest BCUT2D eigenvalue weighted by molar-refractivity contribution is 0.0701. The number of hydrogen-bond donors (Lipinski definition) is 0. The van der Waals surface area contributed by atoms with Crippen molar-refractivity contribution in [3.8, 4) is 5.75 Å². The molecule has 0 radical (unpaired) electrons. The number of benzene rings is 1. The smallest absolute Gasteiger partial charge is 0.379 e. The van der Waals surface area contributed by atoms with E-state index in [0.29, 0.717) is 5.75 Å². The molecule has 1 heterocycles. The Morgan fingerprint density at radius 2 is 2.00 bits per heavy atom. The summed E-state index contributed by atoms with van der Waals surface area (Å²) < 4.78 is 10.1. The molecule has 2 aromatic rings. The molecular weight excluding hydrogens is 216 g/mol. The molecule has 2 rings (SSSR count). The molecule has 1 aromatic carbocycles. The molecule has 0 aliphatic carbocycles. The molecule has 1 aromatic heterocycles. The van der Waals surface area contributed by atoms with Crippen LogP contribution in [0.15, 0.2) is 47.1 Å². The molecule has 0 N–H and O–H groups in total. The van der Waals surface area contributed by atoms with Crippen molar-refractivity contribution >= 4 is 5.97 Å². The summed E-state index contributed by atoms with van der Waals surface area (Å²) in [5.41, 5.74) is 1.24. The molecule has 0 unspecified atom stereocenters. The second kappa shape index (κ2) is 5.34. The maximum atomic E-state index is 11.6. The molecule has 0 spiro atoms. The molecule has 0 amide bonds. The van der Waals surface area contributed by atoms with Crippen LogP contribution < -0.4 is 4.74 Å². The van der Waals surface area contributed by atoms with Crippen LogP contribution in [0.2, 0.25) is 0 Å². The van der Waals surface area contributed by atoms with Crippen LogP contribution in [0.25, 0.3) is 0 Å². The summed E-state index contributed by atoms with van der Waals surface area (Å²) in [6.45, 7) is 2.13. The maximum Gasteiger partial charge on any atom is 0.379 e. The van der Waals surface area contributed by atoms with E-state index < -0.39 is 5.97 Å². The van der Waals surface area contributed by atoms with Gasteiger partial charge in [0.15, 0.2) is 0 Å². The van der Waals surface area contributed by atoms with E-state index in [9.17, 15) is 4.79 Å². The van der Waals surface area contributed by atoms with Gasteiger partial charge in [-0.05, 0) is 36.2 Å². The highest BCUT2D eigenvalue weighted by atomic mass is 16.5. The SMILES string of the molecule is CCCc1ccc(OC(=O)c2ccco2)cc1. The molecule has 0 saturated carbocycles. The molecule has 17 heavy (non-hydrogen) atoms. The van der Waals surface area contributed by atoms with E-state index in [0.717, 1.165) is 12.8 Å². The fourth-order valence-corrected chi connectivity index (χ4v) is 1.56. The van der Waals surface area contributed by atoms with Crippen molar-refractivity contribution in [3.05, 3.63) is 54.0 Å². The van der Waals surface area contributed by atoms with Crippen LogP contribution in [0.5, 0.6) is 5.75 Å². The van der Waals surface area contributed by atoms with Gasteiger partial charge < -0.3 is 9.15 Å². The molecular formula is C14H14O3. The fraction of sp³-hybridized carbons (Fsp3) is 0.214. The van der Waals surface area contributed by atoms with E-state index in [1.807, 2.05) is 12.1 Å². The van der Waals surface area contributed by atoms with Gasteiger partial charge in [0.25, 0.3) is 0 Å². The predicted octanol–water partition coefficient (Wildman–Crippen LogP) is 3.45. The third-order valence-corrected chi connectivity index (χ3v) is 2.39. The molecule has 0 bridgehead atoms. The van der Waals surface area contributed by atoms with E-state index in [4.69, 9.17) is 9.15 Å². The van der Waals surface area contributed by atoms with Gasteiger partial charge in [-0.3, -0.25) is 0 Å². The molecule has 0 fully saturated rings. The van der Waals surface area contributed by atoms with Crippen molar-refractivity contribution in [2.24, 2.45) is 0 Å². The second-order valence-corrected chi connectivity index (χ2v) is 3.76. The van der Waals surface area contributed by atoms with Gasteiger partial charge in [0.1, 0.15) is 5.75 Å². The highest BCUT2D eigenvalue weighted by Gasteiger charge is 2.10. The number of rotatable bonds is 4. The van der Waals surface area contributed by atoms with Crippen molar-refractivity contribution in [2.75, 3.05) is 0 Å². The maximum absolute atomic E-state index is 11.6. The highest BCUT2D eigenvalue weighted by molar-refractivity contribution is 5.88. The standard InChI is InChI=1S/C14H14O3/c1-2-4-11-6-8-12(9-7-11)17-14(15)13-5-3-10-16-13/h3,5-10H,2,4H2,1H3. The largest absolute Gasteiger partial charge is 0.457 e. The minimum atomic E-state index is -0.474. The zero-order chi connectivity index (χ0) is 12.1. The summed E-state index contributed by atoms with van der Waals surface area (Å²) in [6.07, 6.45) is 3.58. The Labute approximate surface area is 100 Å². The predicted molar refractivity (Wildman–Crippen MR) is 64.1 cm³/mol. The van der Waals surface area contributed by atoms with E-state index in [1.165, 1.54) is 11.8 Å². The summed E-state index contributed by atoms with van der Waals surface area (Å²) in [5.74, 6) is 0.270. The summed E-state index contributed by atoms with van der Waals surface area (Å²) in [7, 11) is 0. The van der Waals surface area contributed by atoms with Crippen molar-refractivity contribution in [1.82, 2.24) is 0 Å². The molecule has 0 atom stereocenters. The van der Waals surface area contributed by atoms with Crippen LogP contribution in [0.3, 0.4) is 0 Å². The van der Waals surface area contributed by atoms with Gasteiger partial charge in [-0.25, -0.2) is 4.79 Å². The number of furan rings is 1. The first-order valence-electron chi connectivity index (χ1n) is 5.64. The molecule has 0 aliphatic heterocycles. The van der Waals surface area contributed by atoms with Crippen LogP contribution in [-0.4, -0.2) is 5.97 Å². The summed E-state index contributed by atoms with van der Waals surface area (Å²) in [5, 5.41) is 0. The molecule has 0 aliphatic rings. The van der Waals surface area contributed by atoms with Gasteiger partial charge in [0, 0.05) is 0 Å². The highest BCUT2D eigenvalue weighted by Crippen LogP contribution is 2.15. The van der Waals surface area contributed by atoms with Crippen LogP contribution in [0.4, 0.5) is 0 Å². The topological polar surface area (TPSA) is 39.4 Å². The lowest BCUT2D eigenvalue weighted by Gasteiger charge is -2.03. The Balaban J connectivity index is 2.01. The van der Waals surface area contributed by atoms with Gasteiger partial charge >= 0.3 is 5.97 Å². The lowest BCUT2D eigenvalue weighted by atomic mass is 10.1. The number of hydrogen-bond acceptors (Lipinski definition) is 3. The average Bonchev–Trinajstić information content (AvgIpc) is 2.86. The first kappa shape index (κ1) is 11.5. The first-order chi connectivity index (χ1) is 8.29. The van der Waals surface area contributed by atoms with Gasteiger partial charge in [-0.1, -0.05) is 25.5 Å². The third-order valence-electron chi connectivity index (χ3n) is 2.39. The van der Waals surface area contributed by atoms with Crippen LogP contribution in [0, 0.1) is 0 Å². The van der Waals surface area contributed by atoms with Crippen LogP contribution in [0.1, 0.15) is 29.5 Å². The second-order valence-electron chi connectivity index (χ2n) is 3.76. The van der Waals surface area contributed by atoms with Crippen molar-refractivity contribution in [3.63, 3.8) is 0 Å². The minimum absolute atomic E-state index is 0.211. The normalized spacial score (nSPS) is 10.2. The molecule has 88 valence electrons. The fourth-order valence-electron chi connectivity index (χ4n) is 1.56. The number of esters is 1. The van der Waals surface area contributed by atoms with E-state index in [2.05, 4.69) is 6.92 Å². The van der Waals surface area contributed by atoms with Gasteiger partial charge in [0.05, 0.1) is 6.26 Å². The Bertz CT molecular complexity index is 469. The third kappa shape index (κ3) is 2.97. The Kier molecular flexibility index (Phi) is 3.60. The monoisotopic (exact) mass is 230 g/mol. The van der Waals surface area contributed by atoms with Crippen molar-refractivity contribution in [1.29, 1.82) is 0 Å². The van der Waals surface area contributed by atoms with Crippen LogP contribution >= 0.6 is 0 Å². The molecule has 0 saturated heterocycles. The van der Waals surface area contributed by atoms with E-state index in [1.54, 1.807) is 24.3 Å². The summed E-state index contributed by atoms with van der Waals surface area (Å²) in [6, 6.07) is 10.8. The quantitative estimate of drug-likeness (QED) is 0.596. The molecule has 3 heteroatoms. The summed E-state index contributed by atoms with van der Waals surface area (Å²) in [4.78, 5) is 11.6. The average molecular weight is 230 g/mol. The molecule has 3 nitrogen and oxygen atoms in total. The summed E-state index contributed by atoms with van der Waals surface area (Å²) >= 11 is 0. The van der Waals surface area contributed by atoms with E-state index in [-0.39, 0.29) is 5.76 Å². The number of carbonyl (C=O) groups is 1. The number of carbonyl (C=O) groups excluding carboxylic acids is 1. The Morgan fingerprint density at radius 1 is 1.24 bits per heavy atom. The van der Waals surface area contributed by atoms with Gasteiger partial charge in [-0.2, -0.15) is 0 Å². The Hall–Kier alpha value is -2.03. The zero-order valence-corrected chi connectivity index (χ0v) is 9.68. The van der Waals surface area contributed by atoms with Crippen LogP contribution in [-0.2, 0) is 6.42 Å². The van der Waals surface area contributed by atoms with Crippen molar-refractivity contribution in [2.45, 2.75) is 19.8 Å². The number of ether oxygens (including phenoxy) is 1. The minimum Gasteiger partial charge on any atom is -0.457 e. The van der Waals surface area contributed by atoms with Gasteiger partial charge in [0.2, 0.25) is 5.76 Å². The van der Waals surface area contributed by atoms with Gasteiger partial charge in [-0.15, -0.1) is 0 Å². The Morgan fingerprint density at radius 3 is 2.59 bits per heavy atom.